The molecule has 110 valence electrons. The minimum absolute atomic E-state index is 0.229. The van der Waals surface area contributed by atoms with Crippen LogP contribution in [0.2, 0.25) is 0 Å². The summed E-state index contributed by atoms with van der Waals surface area (Å²) in [6.45, 7) is 4.56. The number of carboxylic acids is 1. The summed E-state index contributed by atoms with van der Waals surface area (Å²) in [5, 5.41) is 10.2. The highest BCUT2D eigenvalue weighted by Crippen LogP contribution is 2.25. The molecule has 1 aliphatic rings. The molecule has 5 heteroatoms. The number of nitrogens with zero attached hydrogens (tertiary/aromatic N) is 1. The molecule has 21 heavy (non-hydrogen) atoms. The van der Waals surface area contributed by atoms with E-state index in [0.717, 1.165) is 22.9 Å². The number of H-pyrrole nitrogens is 1. The van der Waals surface area contributed by atoms with E-state index >= 15 is 0 Å². The minimum Gasteiger partial charge on any atom is -0.480 e. The van der Waals surface area contributed by atoms with Crippen LogP contribution in [0.4, 0.5) is 0 Å². The molecule has 1 atom stereocenters. The Bertz CT molecular complexity index is 732. The first-order chi connectivity index (χ1) is 9.99. The van der Waals surface area contributed by atoms with Gasteiger partial charge in [0, 0.05) is 17.4 Å². The number of aromatic nitrogens is 1. The summed E-state index contributed by atoms with van der Waals surface area (Å²) in [6, 6.07) is 5.09. The van der Waals surface area contributed by atoms with Gasteiger partial charge in [-0.25, -0.2) is 4.79 Å². The number of nitrogens with one attached hydrogen (secondary N) is 1. The number of carboxylic acid groups (broad SMARTS) is 1. The van der Waals surface area contributed by atoms with Gasteiger partial charge in [-0.3, -0.25) is 4.79 Å². The number of aliphatic carboxylic acids is 1. The lowest BCUT2D eigenvalue weighted by atomic mass is 10.1. The number of aryl methyl sites for hydroxylation is 2. The Labute approximate surface area is 122 Å². The summed E-state index contributed by atoms with van der Waals surface area (Å²) in [6.07, 6.45) is 1.26. The van der Waals surface area contributed by atoms with Gasteiger partial charge < -0.3 is 15.0 Å². The molecule has 1 saturated heterocycles. The number of hydrogen-bond donors (Lipinski definition) is 2. The predicted octanol–water partition coefficient (Wildman–Crippen LogP) is 2.47. The molecule has 1 aromatic carbocycles. The Morgan fingerprint density at radius 2 is 2.10 bits per heavy atom. The van der Waals surface area contributed by atoms with E-state index in [1.165, 1.54) is 10.5 Å². The Balaban J connectivity index is 1.98. The zero-order valence-electron chi connectivity index (χ0n) is 12.1. The van der Waals surface area contributed by atoms with E-state index in [2.05, 4.69) is 4.98 Å². The van der Waals surface area contributed by atoms with Gasteiger partial charge in [0.05, 0.1) is 0 Å². The molecule has 1 unspecified atom stereocenters. The fourth-order valence-electron chi connectivity index (χ4n) is 2.99. The van der Waals surface area contributed by atoms with Crippen LogP contribution < -0.4 is 0 Å². The molecule has 2 heterocycles. The van der Waals surface area contributed by atoms with Crippen LogP contribution in [0.15, 0.2) is 18.2 Å². The summed E-state index contributed by atoms with van der Waals surface area (Å²) >= 11 is 0. The Morgan fingerprint density at radius 1 is 1.33 bits per heavy atom. The third-order valence-corrected chi connectivity index (χ3v) is 4.37. The number of rotatable bonds is 2. The highest BCUT2D eigenvalue weighted by molar-refractivity contribution is 6.00. The van der Waals surface area contributed by atoms with Crippen molar-refractivity contribution in [1.82, 2.24) is 9.88 Å². The maximum absolute atomic E-state index is 12.6. The zero-order valence-corrected chi connectivity index (χ0v) is 12.1. The molecule has 0 spiro atoms. The van der Waals surface area contributed by atoms with Crippen molar-refractivity contribution in [2.24, 2.45) is 0 Å². The Hall–Kier alpha value is -2.30. The number of fused-ring (bicyclic) bond motifs is 1. The molecule has 2 aromatic rings. The van der Waals surface area contributed by atoms with Crippen LogP contribution >= 0.6 is 0 Å². The smallest absolute Gasteiger partial charge is 0.326 e. The number of benzene rings is 1. The average molecular weight is 286 g/mol. The van der Waals surface area contributed by atoms with Gasteiger partial charge in [-0.15, -0.1) is 0 Å². The van der Waals surface area contributed by atoms with Crippen LogP contribution in [0.25, 0.3) is 10.9 Å². The number of carbonyl (C=O) groups excluding carboxylic acids is 1. The van der Waals surface area contributed by atoms with E-state index in [4.69, 9.17) is 0 Å². The maximum Gasteiger partial charge on any atom is 0.326 e. The van der Waals surface area contributed by atoms with E-state index < -0.39 is 12.0 Å². The average Bonchev–Trinajstić information content (AvgIpc) is 3.08. The van der Waals surface area contributed by atoms with Crippen LogP contribution in [0.1, 0.15) is 34.5 Å². The summed E-state index contributed by atoms with van der Waals surface area (Å²) in [4.78, 5) is 28.3. The largest absolute Gasteiger partial charge is 0.480 e. The molecule has 1 aromatic heterocycles. The maximum atomic E-state index is 12.6. The van der Waals surface area contributed by atoms with Gasteiger partial charge in [0.2, 0.25) is 0 Å². The van der Waals surface area contributed by atoms with Crippen molar-refractivity contribution < 1.29 is 14.7 Å². The molecule has 0 saturated carbocycles. The summed E-state index contributed by atoms with van der Waals surface area (Å²) in [5.41, 5.74) is 3.68. The lowest BCUT2D eigenvalue weighted by Crippen LogP contribution is -2.40. The van der Waals surface area contributed by atoms with E-state index in [0.29, 0.717) is 18.7 Å². The molecule has 0 aliphatic carbocycles. The molecular weight excluding hydrogens is 268 g/mol. The van der Waals surface area contributed by atoms with Crippen LogP contribution in [-0.2, 0) is 4.79 Å². The van der Waals surface area contributed by atoms with Gasteiger partial charge in [-0.1, -0.05) is 6.07 Å². The van der Waals surface area contributed by atoms with Gasteiger partial charge in [0.25, 0.3) is 5.91 Å². The molecule has 3 rings (SSSR count). The number of carbonyl (C=O) groups is 2. The minimum atomic E-state index is -0.927. The highest BCUT2D eigenvalue weighted by atomic mass is 16.4. The van der Waals surface area contributed by atoms with E-state index in [9.17, 15) is 14.7 Å². The van der Waals surface area contributed by atoms with Gasteiger partial charge in [-0.2, -0.15) is 0 Å². The summed E-state index contributed by atoms with van der Waals surface area (Å²) in [5.74, 6) is -1.16. The zero-order chi connectivity index (χ0) is 15.1. The van der Waals surface area contributed by atoms with Crippen molar-refractivity contribution in [2.45, 2.75) is 32.7 Å². The van der Waals surface area contributed by atoms with E-state index in [-0.39, 0.29) is 5.91 Å². The first kappa shape index (κ1) is 13.7. The molecular formula is C16H18N2O3. The van der Waals surface area contributed by atoms with Gasteiger partial charge in [0.1, 0.15) is 11.7 Å². The fourth-order valence-corrected chi connectivity index (χ4v) is 2.99. The van der Waals surface area contributed by atoms with Crippen molar-refractivity contribution in [3.63, 3.8) is 0 Å². The molecule has 1 fully saturated rings. The molecule has 0 bridgehead atoms. The lowest BCUT2D eigenvalue weighted by molar-refractivity contribution is -0.141. The first-order valence-corrected chi connectivity index (χ1v) is 7.11. The van der Waals surface area contributed by atoms with Gasteiger partial charge in [0.15, 0.2) is 0 Å². The quantitative estimate of drug-likeness (QED) is 0.890. The second kappa shape index (κ2) is 4.91. The second-order valence-corrected chi connectivity index (χ2v) is 5.65. The van der Waals surface area contributed by atoms with Gasteiger partial charge >= 0.3 is 5.97 Å². The van der Waals surface area contributed by atoms with Crippen molar-refractivity contribution >= 4 is 22.8 Å². The molecule has 0 radical (unpaired) electrons. The van der Waals surface area contributed by atoms with Crippen LogP contribution in [-0.4, -0.2) is 39.5 Å². The molecule has 5 nitrogen and oxygen atoms in total. The van der Waals surface area contributed by atoms with Gasteiger partial charge in [-0.05, 0) is 49.9 Å². The third-order valence-electron chi connectivity index (χ3n) is 4.37. The number of aromatic amines is 1. The summed E-state index contributed by atoms with van der Waals surface area (Å²) in [7, 11) is 0. The van der Waals surface area contributed by atoms with Crippen molar-refractivity contribution in [1.29, 1.82) is 0 Å². The molecule has 1 amide bonds. The van der Waals surface area contributed by atoms with Crippen LogP contribution in [0, 0.1) is 13.8 Å². The standard InChI is InChI=1S/C16H18N2O3/c1-9-5-6-12-11(10(9)2)8-13(17-12)15(19)18-7-3-4-14(18)16(20)21/h5-6,8,14,17H,3-4,7H2,1-2H3,(H,20,21). The predicted molar refractivity (Wildman–Crippen MR) is 79.5 cm³/mol. The Morgan fingerprint density at radius 3 is 2.81 bits per heavy atom. The highest BCUT2D eigenvalue weighted by Gasteiger charge is 2.34. The molecule has 2 N–H and O–H groups in total. The van der Waals surface area contributed by atoms with Crippen molar-refractivity contribution in [3.8, 4) is 0 Å². The number of amides is 1. The monoisotopic (exact) mass is 286 g/mol. The topological polar surface area (TPSA) is 73.4 Å². The summed E-state index contributed by atoms with van der Waals surface area (Å²) < 4.78 is 0. The van der Waals surface area contributed by atoms with Crippen LogP contribution in [0.3, 0.4) is 0 Å². The van der Waals surface area contributed by atoms with E-state index in [1.54, 1.807) is 0 Å². The third kappa shape index (κ3) is 2.18. The Kier molecular flexibility index (Phi) is 3.20. The SMILES string of the molecule is Cc1ccc2[nH]c(C(=O)N3CCCC3C(=O)O)cc2c1C. The normalized spacial score (nSPS) is 18.4. The number of hydrogen-bond acceptors (Lipinski definition) is 2. The van der Waals surface area contributed by atoms with Crippen molar-refractivity contribution in [3.05, 3.63) is 35.0 Å². The van der Waals surface area contributed by atoms with E-state index in [1.807, 2.05) is 32.0 Å². The fraction of sp³-hybridized carbons (Fsp3) is 0.375. The van der Waals surface area contributed by atoms with Crippen molar-refractivity contribution in [2.75, 3.05) is 6.54 Å². The second-order valence-electron chi connectivity index (χ2n) is 5.65. The lowest BCUT2D eigenvalue weighted by Gasteiger charge is -2.20. The first-order valence-electron chi connectivity index (χ1n) is 7.11. The molecule has 1 aliphatic heterocycles. The van der Waals surface area contributed by atoms with Crippen LogP contribution in [0.5, 0.6) is 0 Å². The number of likely N-dealkylation sites (tertiary alicyclic amines) is 1.